The van der Waals surface area contributed by atoms with Crippen molar-refractivity contribution in [3.8, 4) is 5.75 Å². The first kappa shape index (κ1) is 16.5. The third-order valence-corrected chi connectivity index (χ3v) is 4.30. The molecule has 3 rings (SSSR count). The summed E-state index contributed by atoms with van der Waals surface area (Å²) in [5.74, 6) is -0.418. The quantitative estimate of drug-likeness (QED) is 0.403. The maximum absolute atomic E-state index is 12.5. The van der Waals surface area contributed by atoms with Crippen LogP contribution in [-0.2, 0) is 6.18 Å². The van der Waals surface area contributed by atoms with Gasteiger partial charge < -0.3 is 4.74 Å². The monoisotopic (exact) mass is 394 g/mol. The topological polar surface area (TPSA) is 26.3 Å². The first-order chi connectivity index (χ1) is 11.4. The van der Waals surface area contributed by atoms with Crippen LogP contribution in [0.2, 0.25) is 0 Å². The summed E-state index contributed by atoms with van der Waals surface area (Å²) in [4.78, 5) is 12.1. The smallest absolute Gasteiger partial charge is 0.416 e. The van der Waals surface area contributed by atoms with E-state index in [1.807, 2.05) is 24.3 Å². The third kappa shape index (κ3) is 3.28. The number of benzene rings is 3. The molecule has 0 spiro atoms. The molecule has 0 atom stereocenters. The number of rotatable bonds is 2. The van der Waals surface area contributed by atoms with Crippen molar-refractivity contribution in [1.82, 2.24) is 0 Å². The Balaban J connectivity index is 1.86. The molecule has 0 aliphatic heterocycles. The van der Waals surface area contributed by atoms with Crippen LogP contribution in [0.15, 0.2) is 65.1 Å². The molecule has 0 aliphatic rings. The van der Waals surface area contributed by atoms with E-state index in [1.165, 1.54) is 0 Å². The number of esters is 1. The Labute approximate surface area is 144 Å². The second kappa shape index (κ2) is 6.28. The van der Waals surface area contributed by atoms with E-state index in [0.717, 1.165) is 35.0 Å². The fourth-order valence-corrected chi connectivity index (χ4v) is 2.82. The molecule has 0 saturated heterocycles. The lowest BCUT2D eigenvalue weighted by atomic mass is 10.1. The summed E-state index contributed by atoms with van der Waals surface area (Å²) in [6.45, 7) is 0. The zero-order valence-electron chi connectivity index (χ0n) is 12.1. The van der Waals surface area contributed by atoms with Gasteiger partial charge in [0.2, 0.25) is 0 Å². The minimum atomic E-state index is -4.44. The van der Waals surface area contributed by atoms with Crippen molar-refractivity contribution in [2.45, 2.75) is 6.18 Å². The number of carbonyl (C=O) groups is 1. The second-order valence-corrected chi connectivity index (χ2v) is 5.86. The average Bonchev–Trinajstić information content (AvgIpc) is 2.57. The maximum atomic E-state index is 12.5. The van der Waals surface area contributed by atoms with Gasteiger partial charge in [-0.05, 0) is 57.0 Å². The number of halogens is 4. The minimum Gasteiger partial charge on any atom is -0.422 e. The van der Waals surface area contributed by atoms with Crippen molar-refractivity contribution in [1.29, 1.82) is 0 Å². The first-order valence-corrected chi connectivity index (χ1v) is 7.72. The van der Waals surface area contributed by atoms with E-state index in [0.29, 0.717) is 10.2 Å². The Kier molecular flexibility index (Phi) is 4.32. The molecule has 0 saturated carbocycles. The highest BCUT2D eigenvalue weighted by Gasteiger charge is 2.30. The summed E-state index contributed by atoms with van der Waals surface area (Å²) in [7, 11) is 0. The Bertz CT molecular complexity index is 902. The number of alkyl halides is 3. The summed E-state index contributed by atoms with van der Waals surface area (Å²) >= 11 is 3.39. The lowest BCUT2D eigenvalue weighted by Gasteiger charge is -2.10. The van der Waals surface area contributed by atoms with Gasteiger partial charge in [0.05, 0.1) is 15.6 Å². The van der Waals surface area contributed by atoms with Gasteiger partial charge in [0.15, 0.2) is 0 Å². The van der Waals surface area contributed by atoms with Crippen LogP contribution in [0, 0.1) is 0 Å². The highest BCUT2D eigenvalue weighted by Crippen LogP contribution is 2.34. The number of hydrogen-bond donors (Lipinski definition) is 0. The summed E-state index contributed by atoms with van der Waals surface area (Å²) in [6.07, 6.45) is -4.44. The molecule has 0 amide bonds. The standard InChI is InChI=1S/C18H10BrF3O2/c19-16-14-4-2-1-3-11(14)7-10-15(16)24-17(23)12-5-8-13(9-6-12)18(20,21)22/h1-10H. The molecule has 24 heavy (non-hydrogen) atoms. The maximum Gasteiger partial charge on any atom is 0.416 e. The van der Waals surface area contributed by atoms with Gasteiger partial charge >= 0.3 is 12.1 Å². The van der Waals surface area contributed by atoms with Crippen LogP contribution in [0.5, 0.6) is 5.75 Å². The summed E-state index contributed by atoms with van der Waals surface area (Å²) < 4.78 is 43.5. The second-order valence-electron chi connectivity index (χ2n) is 5.06. The van der Waals surface area contributed by atoms with Gasteiger partial charge in [0.25, 0.3) is 0 Å². The minimum absolute atomic E-state index is 0.0445. The normalized spacial score (nSPS) is 11.5. The van der Waals surface area contributed by atoms with Gasteiger partial charge in [-0.25, -0.2) is 4.79 Å². The highest BCUT2D eigenvalue weighted by molar-refractivity contribution is 9.10. The van der Waals surface area contributed by atoms with Gasteiger partial charge in [-0.2, -0.15) is 13.2 Å². The number of ether oxygens (including phenoxy) is 1. The number of fused-ring (bicyclic) bond motifs is 1. The van der Waals surface area contributed by atoms with Crippen LogP contribution in [0.3, 0.4) is 0 Å². The summed E-state index contributed by atoms with van der Waals surface area (Å²) in [6, 6.07) is 14.9. The lowest BCUT2D eigenvalue weighted by molar-refractivity contribution is -0.137. The molecular formula is C18H10BrF3O2. The average molecular weight is 395 g/mol. The molecule has 0 bridgehead atoms. The van der Waals surface area contributed by atoms with Crippen LogP contribution >= 0.6 is 15.9 Å². The van der Waals surface area contributed by atoms with Crippen LogP contribution in [0.1, 0.15) is 15.9 Å². The third-order valence-electron chi connectivity index (χ3n) is 3.48. The lowest BCUT2D eigenvalue weighted by Crippen LogP contribution is -2.10. The molecule has 0 fully saturated rings. The van der Waals surface area contributed by atoms with Gasteiger partial charge in [0.1, 0.15) is 5.75 Å². The van der Waals surface area contributed by atoms with Crippen molar-refractivity contribution in [3.63, 3.8) is 0 Å². The van der Waals surface area contributed by atoms with E-state index >= 15 is 0 Å². The molecule has 3 aromatic carbocycles. The summed E-state index contributed by atoms with van der Waals surface area (Å²) in [5.41, 5.74) is -0.769. The number of carbonyl (C=O) groups excluding carboxylic acids is 1. The van der Waals surface area contributed by atoms with Crippen molar-refractivity contribution >= 4 is 32.7 Å². The molecule has 2 nitrogen and oxygen atoms in total. The zero-order chi connectivity index (χ0) is 17.3. The van der Waals surface area contributed by atoms with Crippen molar-refractivity contribution in [3.05, 3.63) is 76.3 Å². The van der Waals surface area contributed by atoms with Crippen LogP contribution < -0.4 is 4.74 Å². The molecule has 122 valence electrons. The van der Waals surface area contributed by atoms with Crippen LogP contribution in [-0.4, -0.2) is 5.97 Å². The Morgan fingerprint density at radius 1 is 0.917 bits per heavy atom. The molecule has 0 aromatic heterocycles. The van der Waals surface area contributed by atoms with E-state index < -0.39 is 17.7 Å². The predicted octanol–water partition coefficient (Wildman–Crippen LogP) is 5.84. The van der Waals surface area contributed by atoms with Gasteiger partial charge in [-0.3, -0.25) is 0 Å². The van der Waals surface area contributed by atoms with E-state index in [4.69, 9.17) is 4.74 Å². The van der Waals surface area contributed by atoms with E-state index in [-0.39, 0.29) is 5.56 Å². The Hall–Kier alpha value is -2.34. The number of hydrogen-bond acceptors (Lipinski definition) is 2. The Morgan fingerprint density at radius 3 is 2.25 bits per heavy atom. The van der Waals surface area contributed by atoms with E-state index in [9.17, 15) is 18.0 Å². The zero-order valence-corrected chi connectivity index (χ0v) is 13.7. The Morgan fingerprint density at radius 2 is 1.58 bits per heavy atom. The van der Waals surface area contributed by atoms with E-state index in [1.54, 1.807) is 12.1 Å². The predicted molar refractivity (Wildman–Crippen MR) is 88.1 cm³/mol. The van der Waals surface area contributed by atoms with Gasteiger partial charge in [-0.15, -0.1) is 0 Å². The molecule has 0 radical (unpaired) electrons. The van der Waals surface area contributed by atoms with Gasteiger partial charge in [0, 0.05) is 0 Å². The molecule has 0 N–H and O–H groups in total. The largest absolute Gasteiger partial charge is 0.422 e. The van der Waals surface area contributed by atoms with Crippen LogP contribution in [0.4, 0.5) is 13.2 Å². The molecule has 0 heterocycles. The first-order valence-electron chi connectivity index (χ1n) is 6.93. The molecular weight excluding hydrogens is 385 g/mol. The molecule has 0 unspecified atom stereocenters. The molecule has 6 heteroatoms. The molecule has 0 aliphatic carbocycles. The van der Waals surface area contributed by atoms with Crippen molar-refractivity contribution < 1.29 is 22.7 Å². The fraction of sp³-hybridized carbons (Fsp3) is 0.0556. The fourth-order valence-electron chi connectivity index (χ4n) is 2.25. The van der Waals surface area contributed by atoms with E-state index in [2.05, 4.69) is 15.9 Å². The SMILES string of the molecule is O=C(Oc1ccc2ccccc2c1Br)c1ccc(C(F)(F)F)cc1. The molecule has 3 aromatic rings. The van der Waals surface area contributed by atoms with Crippen LogP contribution in [0.25, 0.3) is 10.8 Å². The highest BCUT2D eigenvalue weighted by atomic mass is 79.9. The van der Waals surface area contributed by atoms with Crippen molar-refractivity contribution in [2.75, 3.05) is 0 Å². The summed E-state index contributed by atoms with van der Waals surface area (Å²) in [5, 5.41) is 1.84. The van der Waals surface area contributed by atoms with Crippen molar-refractivity contribution in [2.24, 2.45) is 0 Å². The van der Waals surface area contributed by atoms with Gasteiger partial charge in [-0.1, -0.05) is 30.3 Å².